The van der Waals surface area contributed by atoms with Crippen LogP contribution in [0.3, 0.4) is 0 Å². The molecule has 0 unspecified atom stereocenters. The molecule has 4 heterocycles. The van der Waals surface area contributed by atoms with E-state index in [0.29, 0.717) is 39.1 Å². The quantitative estimate of drug-likeness (QED) is 0.161. The Morgan fingerprint density at radius 1 is 0.610 bits per heavy atom. The minimum Gasteiger partial charge on any atom is -0.500 e. The third kappa shape index (κ3) is 7.89. The number of benzene rings is 6. The van der Waals surface area contributed by atoms with Gasteiger partial charge in [0.15, 0.2) is 0 Å². The number of aryl methyl sites for hydroxylation is 3. The van der Waals surface area contributed by atoms with Crippen LogP contribution >= 0.6 is 0 Å². The van der Waals surface area contributed by atoms with Crippen molar-refractivity contribution in [1.82, 2.24) is 9.97 Å². The van der Waals surface area contributed by atoms with Crippen molar-refractivity contribution < 1.29 is 44.0 Å². The summed E-state index contributed by atoms with van der Waals surface area (Å²) in [5, 5.41) is 3.71. The number of aromatic nitrogens is 2. The SMILES string of the molecule is [2H]C([2H])([2H])c1c[c-]c(-c2cc(C([2H])([2H])C(C)(C)C)ccn2)cc1-c1ccccc1.[2H]C([2H])([2H])c1cnc(-c2[c-]ccc3c2oc2c(-c4cccc5c4oc4ccccc45)cccc23)cc1C([2H])([2H])[2H].[Ir]. The van der Waals surface area contributed by atoms with Crippen LogP contribution < -0.4 is 0 Å². The first-order valence-corrected chi connectivity index (χ1v) is 18.9. The van der Waals surface area contributed by atoms with E-state index >= 15 is 0 Å². The van der Waals surface area contributed by atoms with Gasteiger partial charge in [-0.05, 0) is 60.1 Å². The first kappa shape index (κ1) is 28.3. The molecule has 0 aliphatic carbocycles. The van der Waals surface area contributed by atoms with Gasteiger partial charge < -0.3 is 18.8 Å². The van der Waals surface area contributed by atoms with Crippen molar-refractivity contribution in [2.75, 3.05) is 0 Å². The molecule has 10 rings (SSSR count). The number of nitrogens with zero attached hydrogens (tertiary/aromatic N) is 2. The molecule has 4 aromatic heterocycles. The smallest absolute Gasteiger partial charge is 0.143 e. The van der Waals surface area contributed by atoms with Crippen molar-refractivity contribution in [3.8, 4) is 44.8 Å². The molecule has 59 heavy (non-hydrogen) atoms. The largest absolute Gasteiger partial charge is 0.500 e. The Bertz CT molecular complexity index is 3550. The second-order valence-electron chi connectivity index (χ2n) is 15.1. The monoisotopic (exact) mass is 956 g/mol. The number of fused-ring (bicyclic) bond motifs is 6. The van der Waals surface area contributed by atoms with E-state index in [1.54, 1.807) is 30.5 Å². The van der Waals surface area contributed by atoms with Crippen molar-refractivity contribution >= 4 is 43.9 Å². The van der Waals surface area contributed by atoms with Crippen molar-refractivity contribution in [3.05, 3.63) is 180 Å². The summed E-state index contributed by atoms with van der Waals surface area (Å²) >= 11 is 0. The minimum atomic E-state index is -2.64. The normalized spacial score (nSPS) is 15.1. The number of para-hydroxylation sites is 3. The zero-order valence-corrected chi connectivity index (χ0v) is 34.8. The molecule has 10 aromatic rings. The average Bonchev–Trinajstić information content (AvgIpc) is 3.90. The van der Waals surface area contributed by atoms with Crippen LogP contribution in [-0.4, -0.2) is 9.97 Å². The van der Waals surface area contributed by atoms with Gasteiger partial charge in [0.2, 0.25) is 0 Å². The summed E-state index contributed by atoms with van der Waals surface area (Å²) in [7, 11) is 0. The number of furan rings is 2. The minimum absolute atomic E-state index is 0. The second kappa shape index (κ2) is 16.3. The van der Waals surface area contributed by atoms with Gasteiger partial charge in [-0.1, -0.05) is 152 Å². The van der Waals surface area contributed by atoms with E-state index in [1.807, 2.05) is 118 Å². The fourth-order valence-corrected chi connectivity index (χ4v) is 7.30. The van der Waals surface area contributed by atoms with Crippen LogP contribution in [0.15, 0.2) is 155 Å². The Kier molecular flexibility index (Phi) is 7.80. The maximum absolute atomic E-state index is 8.52. The van der Waals surface area contributed by atoms with Gasteiger partial charge in [-0.3, -0.25) is 0 Å². The maximum Gasteiger partial charge on any atom is 0.143 e. The van der Waals surface area contributed by atoms with Crippen LogP contribution in [0, 0.1) is 38.1 Å². The number of rotatable bonds is 5. The van der Waals surface area contributed by atoms with E-state index in [0.717, 1.165) is 55.6 Å². The van der Waals surface area contributed by atoms with Crippen molar-refractivity contribution in [2.24, 2.45) is 5.41 Å². The third-order valence-electron chi connectivity index (χ3n) is 9.90. The molecule has 0 bridgehead atoms. The molecular weight excluding hydrogens is 901 g/mol. The summed E-state index contributed by atoms with van der Waals surface area (Å²) in [6, 6.07) is 47.0. The zero-order valence-electron chi connectivity index (χ0n) is 43.4. The molecule has 293 valence electrons. The van der Waals surface area contributed by atoms with E-state index in [9.17, 15) is 0 Å². The number of hydrogen-bond donors (Lipinski definition) is 0. The Labute approximate surface area is 374 Å². The summed E-state index contributed by atoms with van der Waals surface area (Å²) < 4.78 is 101. The maximum atomic E-state index is 8.52. The number of pyridine rings is 2. The Hall–Kier alpha value is -6.13. The average molecular weight is 956 g/mol. The fraction of sp³-hybridized carbons (Fsp3) is 0.148. The van der Waals surface area contributed by atoms with Crippen LogP contribution in [0.4, 0.5) is 0 Å². The van der Waals surface area contributed by atoms with Crippen molar-refractivity contribution in [2.45, 2.75) is 47.7 Å². The third-order valence-corrected chi connectivity index (χ3v) is 9.90. The van der Waals surface area contributed by atoms with Crippen LogP contribution in [0.5, 0.6) is 0 Å². The molecule has 0 saturated carbocycles. The molecule has 0 N–H and O–H groups in total. The van der Waals surface area contributed by atoms with Crippen molar-refractivity contribution in [1.29, 1.82) is 0 Å². The predicted octanol–water partition coefficient (Wildman–Crippen LogP) is 14.7. The van der Waals surface area contributed by atoms with Gasteiger partial charge in [-0.25, -0.2) is 0 Å². The molecule has 0 aliphatic heterocycles. The van der Waals surface area contributed by atoms with E-state index in [2.05, 4.69) is 22.1 Å². The van der Waals surface area contributed by atoms with Gasteiger partial charge in [-0.15, -0.1) is 47.5 Å². The predicted molar refractivity (Wildman–Crippen MR) is 240 cm³/mol. The van der Waals surface area contributed by atoms with Gasteiger partial charge in [-0.2, -0.15) is 0 Å². The van der Waals surface area contributed by atoms with Gasteiger partial charge in [0.05, 0.1) is 5.58 Å². The van der Waals surface area contributed by atoms with Gasteiger partial charge in [0.25, 0.3) is 0 Å². The van der Waals surface area contributed by atoms with Crippen LogP contribution in [0.2, 0.25) is 0 Å². The Morgan fingerprint density at radius 2 is 1.31 bits per heavy atom. The molecular formula is C54H44IrN2O2-2. The molecule has 0 fully saturated rings. The molecule has 5 heteroatoms. The van der Waals surface area contributed by atoms with Crippen LogP contribution in [-0.2, 0) is 26.5 Å². The second-order valence-corrected chi connectivity index (χ2v) is 15.1. The zero-order chi connectivity index (χ0) is 49.3. The summed E-state index contributed by atoms with van der Waals surface area (Å²) in [6.07, 6.45) is 1.15. The molecule has 0 spiro atoms. The Morgan fingerprint density at radius 3 is 2.07 bits per heavy atom. The van der Waals surface area contributed by atoms with E-state index < -0.39 is 32.3 Å². The molecule has 0 aliphatic rings. The topological polar surface area (TPSA) is 52.1 Å². The fourth-order valence-electron chi connectivity index (χ4n) is 7.30. The number of hydrogen-bond acceptors (Lipinski definition) is 4. The molecule has 0 amide bonds. The standard InChI is InChI=1S/C31H20NO2.C23H24N.Ir/c1-18-16-27(32-17-19(18)2)26-14-7-13-25-24-12-6-11-23(30(24)34-31(25)26)22-10-5-9-21-20-8-3-4-15-28(20)33-29(21)22;1-17-10-11-20(15-21(17)19-8-6-5-7-9-19)22-14-18(12-13-24-22)16-23(2,3)4;/h3-13,15-17H,1-2H3;5-10,12-15H,16H2,1-4H3;/q2*-1;/i1D3,2D3;1D3,16D2;. The molecule has 4 nitrogen and oxygen atoms in total. The van der Waals surface area contributed by atoms with E-state index in [-0.39, 0.29) is 42.5 Å². The van der Waals surface area contributed by atoms with Crippen LogP contribution in [0.1, 0.15) is 58.1 Å². The molecule has 0 atom stereocenters. The summed E-state index contributed by atoms with van der Waals surface area (Å²) in [5.74, 6) is 0. The summed E-state index contributed by atoms with van der Waals surface area (Å²) in [4.78, 5) is 8.73. The first-order chi connectivity index (χ1) is 32.5. The Balaban J connectivity index is 0.000000196. The molecule has 1 radical (unpaired) electrons. The van der Waals surface area contributed by atoms with E-state index in [1.165, 1.54) is 12.1 Å². The molecule has 0 saturated heterocycles. The summed E-state index contributed by atoms with van der Waals surface area (Å²) in [6.45, 7) is -1.94. The van der Waals surface area contributed by atoms with E-state index in [4.69, 9.17) is 23.9 Å². The van der Waals surface area contributed by atoms with Gasteiger partial charge >= 0.3 is 0 Å². The summed E-state index contributed by atoms with van der Waals surface area (Å²) in [5.41, 5.74) is 7.32. The van der Waals surface area contributed by atoms with Gasteiger partial charge in [0.1, 0.15) is 16.7 Å². The molecule has 6 aromatic carbocycles. The van der Waals surface area contributed by atoms with Gasteiger partial charge in [0, 0.05) is 74.9 Å². The first-order valence-electron chi connectivity index (χ1n) is 24.4. The van der Waals surface area contributed by atoms with Crippen LogP contribution in [0.25, 0.3) is 88.6 Å². The van der Waals surface area contributed by atoms with Crippen molar-refractivity contribution in [3.63, 3.8) is 0 Å².